The number of fused-ring (bicyclic) bond motifs is 4. The van der Waals surface area contributed by atoms with Gasteiger partial charge in [-0.05, 0) is 161 Å². The van der Waals surface area contributed by atoms with Crippen LogP contribution in [0.4, 0.5) is 20.2 Å². The van der Waals surface area contributed by atoms with E-state index in [9.17, 15) is 35.2 Å². The SMILES string of the molecule is CC(=O)N1CCC(c2cc(Cl)cc3[nH]ncc23)CC1(C)C.CNC(=O)C1(C)CCN(c2cc(Cl)cc3[nH]ncc23)CC1.CS(=O)(=O)N1CCC(c2cc(C(F)F)cc3[nH]ncc23)CC1.CS(=O)(=O)N1CCC(c2cc(N3CCCC3)cc3[nH]ncc23)CC1. The lowest BCUT2D eigenvalue weighted by atomic mass is 9.78. The number of carbonyl (C=O) groups is 2. The Kier molecular flexibility index (Phi) is 19.5. The maximum absolute atomic E-state index is 13.0. The number of hydrogen-bond acceptors (Lipinski definition) is 12. The van der Waals surface area contributed by atoms with Gasteiger partial charge in [0.2, 0.25) is 31.9 Å². The van der Waals surface area contributed by atoms with Gasteiger partial charge < -0.3 is 20.0 Å². The van der Waals surface area contributed by atoms with Crippen molar-refractivity contribution in [3.8, 4) is 0 Å². The van der Waals surface area contributed by atoms with Gasteiger partial charge in [-0.25, -0.2) is 34.2 Å². The van der Waals surface area contributed by atoms with Gasteiger partial charge in [-0.2, -0.15) is 20.4 Å². The lowest BCUT2D eigenvalue weighted by Gasteiger charge is -2.45. The molecule has 0 radical (unpaired) electrons. The average Bonchev–Trinajstić information content (AvgIpc) is 1.64. The number of anilines is 2. The van der Waals surface area contributed by atoms with Gasteiger partial charge in [0.15, 0.2) is 0 Å². The number of H-pyrrole nitrogens is 4. The average molecular weight is 1290 g/mol. The van der Waals surface area contributed by atoms with E-state index in [1.807, 2.05) is 54.7 Å². The Hall–Kier alpha value is -6.44. The number of hydrogen-bond donors (Lipinski definition) is 5. The number of aromatic nitrogens is 8. The van der Waals surface area contributed by atoms with Crippen LogP contribution < -0.4 is 15.1 Å². The van der Waals surface area contributed by atoms with Crippen molar-refractivity contribution in [2.45, 2.75) is 122 Å². The zero-order valence-corrected chi connectivity index (χ0v) is 54.1. The van der Waals surface area contributed by atoms with Crippen LogP contribution in [0, 0.1) is 5.41 Å². The predicted octanol–water partition coefficient (Wildman–Crippen LogP) is 11.2. The molecule has 13 rings (SSSR count). The molecule has 26 heteroatoms. The van der Waals surface area contributed by atoms with Crippen molar-refractivity contribution in [3.63, 3.8) is 0 Å². The van der Waals surface area contributed by atoms with E-state index < -0.39 is 26.5 Å². The van der Waals surface area contributed by atoms with Crippen molar-refractivity contribution in [1.29, 1.82) is 0 Å². The highest BCUT2D eigenvalue weighted by atomic mass is 35.5. The molecule has 5 aliphatic rings. The maximum Gasteiger partial charge on any atom is 0.263 e. The van der Waals surface area contributed by atoms with E-state index >= 15 is 0 Å². The molecule has 1 unspecified atom stereocenters. The van der Waals surface area contributed by atoms with Crippen molar-refractivity contribution in [3.05, 3.63) is 106 Å². The van der Waals surface area contributed by atoms with E-state index in [0.717, 1.165) is 120 Å². The van der Waals surface area contributed by atoms with Crippen molar-refractivity contribution >= 4 is 110 Å². The molecule has 88 heavy (non-hydrogen) atoms. The molecule has 8 aromatic rings. The number of alkyl halides is 2. The molecule has 0 bridgehead atoms. The molecule has 4 aromatic carbocycles. The van der Waals surface area contributed by atoms with Crippen LogP contribution in [0.15, 0.2) is 73.3 Å². The Labute approximate surface area is 522 Å². The number of likely N-dealkylation sites (tertiary alicyclic amines) is 1. The van der Waals surface area contributed by atoms with Gasteiger partial charge in [0.25, 0.3) is 6.43 Å². The third-order valence-electron chi connectivity index (χ3n) is 18.7. The summed E-state index contributed by atoms with van der Waals surface area (Å²) in [5.74, 6) is 1.14. The minimum Gasteiger partial charge on any atom is -0.371 e. The highest BCUT2D eigenvalue weighted by molar-refractivity contribution is 7.88. The number of amides is 2. The highest BCUT2D eigenvalue weighted by Crippen LogP contribution is 2.43. The third kappa shape index (κ3) is 14.4. The molecule has 0 spiro atoms. The minimum absolute atomic E-state index is 0.0303. The number of nitrogens with one attached hydrogen (secondary N) is 5. The summed E-state index contributed by atoms with van der Waals surface area (Å²) in [6, 6.07) is 15.3. The van der Waals surface area contributed by atoms with E-state index in [0.29, 0.717) is 61.4 Å². The summed E-state index contributed by atoms with van der Waals surface area (Å²) >= 11 is 12.4. The van der Waals surface area contributed by atoms with Crippen molar-refractivity contribution < 1.29 is 35.2 Å². The molecule has 9 heterocycles. The maximum atomic E-state index is 13.0. The summed E-state index contributed by atoms with van der Waals surface area (Å²) < 4.78 is 75.7. The fraction of sp³-hybridized carbons (Fsp3) is 0.516. The topological polar surface area (TPSA) is 245 Å². The number of rotatable bonds is 9. The quantitative estimate of drug-likeness (QED) is 0.0906. The van der Waals surface area contributed by atoms with E-state index in [-0.39, 0.29) is 34.2 Å². The number of halogens is 4. The normalized spacial score (nSPS) is 19.8. The van der Waals surface area contributed by atoms with Crippen molar-refractivity contribution in [1.82, 2.24) is 59.6 Å². The van der Waals surface area contributed by atoms with Gasteiger partial charge in [0.05, 0.1) is 59.4 Å². The monoisotopic (exact) mass is 1290 g/mol. The predicted molar refractivity (Wildman–Crippen MR) is 345 cm³/mol. The second-order valence-corrected chi connectivity index (χ2v) is 29.9. The summed E-state index contributed by atoms with van der Waals surface area (Å²) in [6.07, 6.45) is 16.3. The van der Waals surface area contributed by atoms with Gasteiger partial charge >= 0.3 is 0 Å². The summed E-state index contributed by atoms with van der Waals surface area (Å²) in [5, 5.41) is 36.6. The fourth-order valence-corrected chi connectivity index (χ4v) is 16.0. The summed E-state index contributed by atoms with van der Waals surface area (Å²) in [4.78, 5) is 30.5. The lowest BCUT2D eigenvalue weighted by molar-refractivity contribution is -0.136. The first-order valence-corrected chi connectivity index (χ1v) is 34.6. The number of carbonyl (C=O) groups excluding carboxylic acids is 2. The Balaban J connectivity index is 0.000000130. The van der Waals surface area contributed by atoms with E-state index in [1.165, 1.54) is 64.0 Å². The minimum atomic E-state index is -3.19. The molecule has 5 aliphatic heterocycles. The van der Waals surface area contributed by atoms with Gasteiger partial charge in [0.1, 0.15) is 0 Å². The number of piperidine rings is 4. The van der Waals surface area contributed by atoms with Crippen LogP contribution >= 0.6 is 23.2 Å². The first kappa shape index (κ1) is 64.5. The first-order valence-electron chi connectivity index (χ1n) is 30.2. The number of benzene rings is 4. The van der Waals surface area contributed by atoms with Gasteiger partial charge in [-0.1, -0.05) is 30.1 Å². The number of nitrogens with zero attached hydrogens (tertiary/aromatic N) is 9. The number of aromatic amines is 4. The molecular weight excluding hydrogens is 1210 g/mol. The molecule has 2 amide bonds. The summed E-state index contributed by atoms with van der Waals surface area (Å²) in [6.45, 7) is 14.7. The van der Waals surface area contributed by atoms with Gasteiger partial charge in [-0.3, -0.25) is 30.0 Å². The van der Waals surface area contributed by atoms with Crippen molar-refractivity contribution in [2.75, 3.05) is 88.3 Å². The Morgan fingerprint density at radius 1 is 0.580 bits per heavy atom. The molecule has 5 fully saturated rings. The second kappa shape index (κ2) is 26.6. The standard InChI is InChI=1S/C17H24N4O2S.C16H20ClN3O.C15H19ClN4O.C14H17F2N3O2S/c1-24(22,23)21-8-4-13(5-9-21)15-10-14(20-6-2-3-7-20)11-17-16(15)12-18-19-17;1-10(21)20-5-4-11(8-16(20,2)3)13-6-12(17)7-15-14(13)9-18-19-15;1-15(14(21)17-2)3-5-20(6-4-15)13-8-10(16)7-12-11(13)9-18-19-12;1-22(20,21)19-4-2-9(3-5-19)11-6-10(14(15)16)7-13-12(11)8-17-18-13/h10-13H,2-9H2,1H3,(H,18,19);6-7,9,11H,4-5,8H2,1-3H3,(H,18,19);7-9H,3-6H2,1-2H3,(H,17,21)(H,18,19);6-9,14H,2-5H2,1H3,(H,17,18). The number of sulfonamides is 2. The molecule has 0 saturated carbocycles. The lowest BCUT2D eigenvalue weighted by Crippen LogP contribution is -2.51. The molecule has 0 aliphatic carbocycles. The molecule has 1 atom stereocenters. The molecule has 474 valence electrons. The van der Waals surface area contributed by atoms with Gasteiger partial charge in [0, 0.05) is 132 Å². The summed E-state index contributed by atoms with van der Waals surface area (Å²) in [7, 11) is -4.57. The second-order valence-electron chi connectivity index (χ2n) is 25.1. The molecule has 5 N–H and O–H groups in total. The van der Waals surface area contributed by atoms with Crippen LogP contribution in [0.3, 0.4) is 0 Å². The smallest absolute Gasteiger partial charge is 0.263 e. The van der Waals surface area contributed by atoms with Crippen LogP contribution in [0.5, 0.6) is 0 Å². The zero-order chi connectivity index (χ0) is 62.9. The van der Waals surface area contributed by atoms with Crippen molar-refractivity contribution in [2.24, 2.45) is 5.41 Å². The van der Waals surface area contributed by atoms with Crippen LogP contribution in [0.2, 0.25) is 10.0 Å². The molecule has 5 saturated heterocycles. The molecule has 20 nitrogen and oxygen atoms in total. The highest BCUT2D eigenvalue weighted by Gasteiger charge is 2.39. The van der Waals surface area contributed by atoms with E-state index in [1.54, 1.807) is 24.5 Å². The Morgan fingerprint density at radius 3 is 1.50 bits per heavy atom. The first-order chi connectivity index (χ1) is 41.8. The fourth-order valence-electron chi connectivity index (χ4n) is 13.8. The van der Waals surface area contributed by atoms with Crippen LogP contribution in [-0.2, 0) is 29.6 Å². The van der Waals surface area contributed by atoms with E-state index in [4.69, 9.17) is 23.2 Å². The van der Waals surface area contributed by atoms with Crippen LogP contribution in [0.1, 0.15) is 138 Å². The van der Waals surface area contributed by atoms with E-state index in [2.05, 4.69) is 81.9 Å². The van der Waals surface area contributed by atoms with Crippen LogP contribution in [0.25, 0.3) is 43.6 Å². The third-order valence-corrected chi connectivity index (χ3v) is 21.7. The summed E-state index contributed by atoms with van der Waals surface area (Å²) in [5.41, 5.74) is 8.90. The Morgan fingerprint density at radius 2 is 1.02 bits per heavy atom. The molecular formula is C62H80Cl2F2N14O6S2. The zero-order valence-electron chi connectivity index (χ0n) is 51.0. The van der Waals surface area contributed by atoms with Gasteiger partial charge in [-0.15, -0.1) is 0 Å². The molecule has 4 aromatic heterocycles. The Bertz CT molecular complexity index is 4010. The largest absolute Gasteiger partial charge is 0.371 e. The van der Waals surface area contributed by atoms with Crippen LogP contribution in [-0.4, -0.2) is 167 Å².